The second-order valence-corrected chi connectivity index (χ2v) is 7.33. The van der Waals surface area contributed by atoms with Gasteiger partial charge in [0.1, 0.15) is 17.2 Å². The highest BCUT2D eigenvalue weighted by Crippen LogP contribution is 2.39. The summed E-state index contributed by atoms with van der Waals surface area (Å²) in [5.74, 6) is 1.68. The third kappa shape index (κ3) is 3.85. The molecule has 1 atom stereocenters. The van der Waals surface area contributed by atoms with Crippen molar-refractivity contribution in [2.24, 2.45) is 0 Å². The lowest BCUT2D eigenvalue weighted by atomic mass is 9.89. The van der Waals surface area contributed by atoms with Crippen molar-refractivity contribution in [1.82, 2.24) is 10.3 Å². The van der Waals surface area contributed by atoms with Crippen molar-refractivity contribution in [2.45, 2.75) is 45.8 Å². The van der Waals surface area contributed by atoms with Crippen molar-refractivity contribution in [1.29, 1.82) is 0 Å². The number of pyridine rings is 1. The van der Waals surface area contributed by atoms with E-state index in [0.717, 1.165) is 29.2 Å². The zero-order chi connectivity index (χ0) is 17.3. The van der Waals surface area contributed by atoms with Crippen LogP contribution in [0.2, 0.25) is 0 Å². The molecule has 0 radical (unpaired) electrons. The lowest BCUT2D eigenvalue weighted by Gasteiger charge is -2.38. The topological polar surface area (TPSA) is 46.2 Å². The van der Waals surface area contributed by atoms with Crippen LogP contribution in [0.4, 0.5) is 5.82 Å². The largest absolute Gasteiger partial charge is 0.487 e. The number of hydrogen-bond donors (Lipinski definition) is 2. The molecule has 2 aromatic rings. The summed E-state index contributed by atoms with van der Waals surface area (Å²) in [4.78, 5) is 4.43. The number of aryl methyl sites for hydroxylation is 2. The average Bonchev–Trinajstić information content (AvgIpc) is 2.47. The molecule has 0 saturated heterocycles. The third-order valence-corrected chi connectivity index (χ3v) is 4.28. The zero-order valence-electron chi connectivity index (χ0n) is 14.5. The summed E-state index contributed by atoms with van der Waals surface area (Å²) in [6, 6.07) is 12.2. The van der Waals surface area contributed by atoms with Crippen LogP contribution in [0, 0.1) is 13.8 Å². The number of aromatic nitrogens is 1. The summed E-state index contributed by atoms with van der Waals surface area (Å²) in [6.07, 6.45) is 0.840. The highest BCUT2D eigenvalue weighted by atomic mass is 32.1. The van der Waals surface area contributed by atoms with Crippen LogP contribution in [0.25, 0.3) is 0 Å². The van der Waals surface area contributed by atoms with Crippen LogP contribution in [-0.2, 0) is 0 Å². The Morgan fingerprint density at radius 1 is 1.25 bits per heavy atom. The van der Waals surface area contributed by atoms with Crippen LogP contribution in [0.1, 0.15) is 43.1 Å². The number of nitrogens with zero attached hydrogens (tertiary/aromatic N) is 1. The molecule has 2 heterocycles. The summed E-state index contributed by atoms with van der Waals surface area (Å²) in [5.41, 5.74) is 3.08. The van der Waals surface area contributed by atoms with Crippen LogP contribution >= 0.6 is 12.2 Å². The monoisotopic (exact) mass is 341 g/mol. The number of ether oxygens (including phenoxy) is 1. The Kier molecular flexibility index (Phi) is 4.45. The van der Waals surface area contributed by atoms with Gasteiger partial charge in [-0.05, 0) is 58.1 Å². The average molecular weight is 341 g/mol. The Morgan fingerprint density at radius 2 is 2.04 bits per heavy atom. The molecular formula is C19H23N3OS. The summed E-state index contributed by atoms with van der Waals surface area (Å²) in [5, 5.41) is 7.17. The zero-order valence-corrected chi connectivity index (χ0v) is 15.3. The maximum absolute atomic E-state index is 6.10. The predicted octanol–water partition coefficient (Wildman–Crippen LogP) is 4.29. The first-order chi connectivity index (χ1) is 11.3. The van der Waals surface area contributed by atoms with Gasteiger partial charge < -0.3 is 15.4 Å². The second kappa shape index (κ2) is 6.40. The predicted molar refractivity (Wildman–Crippen MR) is 102 cm³/mol. The quantitative estimate of drug-likeness (QED) is 0.798. The summed E-state index contributed by atoms with van der Waals surface area (Å²) in [6.45, 7) is 8.25. The van der Waals surface area contributed by atoms with Gasteiger partial charge in [-0.3, -0.25) is 0 Å². The van der Waals surface area contributed by atoms with Crippen LogP contribution in [0.5, 0.6) is 5.75 Å². The number of rotatable bonds is 2. The van der Waals surface area contributed by atoms with Crippen LogP contribution in [0.15, 0.2) is 36.4 Å². The lowest BCUT2D eigenvalue weighted by Crippen LogP contribution is -2.42. The van der Waals surface area contributed by atoms with E-state index in [9.17, 15) is 0 Å². The fourth-order valence-corrected chi connectivity index (χ4v) is 3.27. The molecule has 0 saturated carbocycles. The molecule has 24 heavy (non-hydrogen) atoms. The number of fused-ring (bicyclic) bond motifs is 1. The smallest absolute Gasteiger partial charge is 0.172 e. The molecular weight excluding hydrogens is 318 g/mol. The molecule has 3 rings (SSSR count). The van der Waals surface area contributed by atoms with Gasteiger partial charge in [0.25, 0.3) is 0 Å². The molecule has 0 spiro atoms. The molecule has 126 valence electrons. The first-order valence-corrected chi connectivity index (χ1v) is 8.54. The van der Waals surface area contributed by atoms with Crippen molar-refractivity contribution in [2.75, 3.05) is 5.32 Å². The minimum absolute atomic E-state index is 0.105. The highest BCUT2D eigenvalue weighted by molar-refractivity contribution is 7.80. The Morgan fingerprint density at radius 3 is 2.79 bits per heavy atom. The summed E-state index contributed by atoms with van der Waals surface area (Å²) >= 11 is 5.49. The van der Waals surface area contributed by atoms with Crippen molar-refractivity contribution < 1.29 is 4.74 Å². The van der Waals surface area contributed by atoms with Gasteiger partial charge in [-0.2, -0.15) is 0 Å². The Hall–Kier alpha value is -2.14. The molecule has 0 aliphatic carbocycles. The van der Waals surface area contributed by atoms with Gasteiger partial charge in [0, 0.05) is 17.7 Å². The van der Waals surface area contributed by atoms with Crippen LogP contribution in [0.3, 0.4) is 0 Å². The maximum atomic E-state index is 6.10. The van der Waals surface area contributed by atoms with Gasteiger partial charge in [0.2, 0.25) is 0 Å². The molecule has 1 aromatic heterocycles. The molecule has 1 aliphatic rings. The lowest BCUT2D eigenvalue weighted by molar-refractivity contribution is 0.0696. The van der Waals surface area contributed by atoms with Crippen LogP contribution < -0.4 is 15.4 Å². The fourth-order valence-electron chi connectivity index (χ4n) is 3.03. The van der Waals surface area contributed by atoms with Gasteiger partial charge in [0.15, 0.2) is 5.11 Å². The van der Waals surface area contributed by atoms with E-state index in [4.69, 9.17) is 17.0 Å². The molecule has 1 aliphatic heterocycles. The molecule has 1 aromatic carbocycles. The van der Waals surface area contributed by atoms with Gasteiger partial charge in [-0.1, -0.05) is 23.8 Å². The number of anilines is 1. The summed E-state index contributed by atoms with van der Waals surface area (Å²) in [7, 11) is 0. The van der Waals surface area contributed by atoms with Crippen molar-refractivity contribution in [3.05, 3.63) is 53.2 Å². The van der Waals surface area contributed by atoms with E-state index >= 15 is 0 Å². The number of thiocarbonyl (C=S) groups is 1. The first kappa shape index (κ1) is 16.7. The van der Waals surface area contributed by atoms with E-state index in [1.807, 2.05) is 31.2 Å². The van der Waals surface area contributed by atoms with Crippen LogP contribution in [-0.4, -0.2) is 15.7 Å². The van der Waals surface area contributed by atoms with E-state index in [1.165, 1.54) is 5.56 Å². The molecule has 0 unspecified atom stereocenters. The molecule has 5 heteroatoms. The van der Waals surface area contributed by atoms with E-state index in [0.29, 0.717) is 5.11 Å². The fraction of sp³-hybridized carbons (Fsp3) is 0.368. The molecule has 4 nitrogen and oxygen atoms in total. The number of benzene rings is 1. The van der Waals surface area contributed by atoms with Gasteiger partial charge in [0.05, 0.1) is 6.04 Å². The van der Waals surface area contributed by atoms with Crippen molar-refractivity contribution in [3.8, 4) is 5.75 Å². The van der Waals surface area contributed by atoms with E-state index in [-0.39, 0.29) is 11.6 Å². The Bertz CT molecular complexity index is 773. The van der Waals surface area contributed by atoms with Gasteiger partial charge in [-0.25, -0.2) is 4.98 Å². The molecule has 2 N–H and O–H groups in total. The van der Waals surface area contributed by atoms with Crippen molar-refractivity contribution in [3.63, 3.8) is 0 Å². The second-order valence-electron chi connectivity index (χ2n) is 6.92. The minimum Gasteiger partial charge on any atom is -0.487 e. The maximum Gasteiger partial charge on any atom is 0.172 e. The number of nitrogens with one attached hydrogen (secondary N) is 2. The first-order valence-electron chi connectivity index (χ1n) is 8.13. The van der Waals surface area contributed by atoms with E-state index in [1.54, 1.807) is 0 Å². The standard InChI is InChI=1S/C19H23N3OS/c1-12-8-9-16-14(10-12)15(11-19(3,4)23-16)21-18(24)22-17-7-5-6-13(2)20-17/h5-10,15H,11H2,1-4H3,(H2,20,21,22,24)/t15-/m0/s1. The van der Waals surface area contributed by atoms with Crippen molar-refractivity contribution >= 4 is 23.1 Å². The van der Waals surface area contributed by atoms with E-state index < -0.39 is 0 Å². The summed E-state index contributed by atoms with van der Waals surface area (Å²) < 4.78 is 6.10. The molecule has 0 bridgehead atoms. The van der Waals surface area contributed by atoms with Gasteiger partial charge in [-0.15, -0.1) is 0 Å². The Balaban J connectivity index is 1.79. The SMILES string of the molecule is Cc1ccc2c(c1)[C@@H](NC(=S)Nc1cccc(C)n1)CC(C)(C)O2. The minimum atomic E-state index is -0.239. The Labute approximate surface area is 148 Å². The normalized spacial score (nSPS) is 18.2. The third-order valence-electron chi connectivity index (χ3n) is 4.06. The highest BCUT2D eigenvalue weighted by Gasteiger charge is 2.34. The molecule has 0 amide bonds. The number of hydrogen-bond acceptors (Lipinski definition) is 3. The van der Waals surface area contributed by atoms with Gasteiger partial charge >= 0.3 is 0 Å². The molecule has 0 fully saturated rings. The van der Waals surface area contributed by atoms with E-state index in [2.05, 4.69) is 48.5 Å².